The molecule has 0 saturated heterocycles. The second kappa shape index (κ2) is 7.63. The molecule has 2 heterocycles. The molecule has 1 aromatic heterocycles. The highest BCUT2D eigenvalue weighted by atomic mass is 16.5. The zero-order chi connectivity index (χ0) is 20.4. The number of carbonyl (C=O) groups is 1. The number of nitrogens with one attached hydrogen (secondary N) is 2. The number of anilines is 3. The lowest BCUT2D eigenvalue weighted by molar-refractivity contribution is -0.110. The largest absolute Gasteiger partial charge is 0.493 e. The molecule has 1 amide bonds. The minimum atomic E-state index is -0.177. The van der Waals surface area contributed by atoms with Crippen LogP contribution in [0.2, 0.25) is 0 Å². The SMILES string of the molecule is COc1cc(/C=C2\C(=O)Nc3ccc(Nc4ccco4)cc32)cc(OC)c1OC. The predicted octanol–water partition coefficient (Wildman–Crippen LogP) is 4.54. The lowest BCUT2D eigenvalue weighted by Crippen LogP contribution is -2.03. The Labute approximate surface area is 167 Å². The smallest absolute Gasteiger partial charge is 0.256 e. The van der Waals surface area contributed by atoms with Crippen LogP contribution in [0.4, 0.5) is 17.3 Å². The van der Waals surface area contributed by atoms with E-state index in [2.05, 4.69) is 10.6 Å². The summed E-state index contributed by atoms with van der Waals surface area (Å²) in [6.07, 6.45) is 3.39. The molecule has 1 aliphatic heterocycles. The van der Waals surface area contributed by atoms with Crippen molar-refractivity contribution in [3.63, 3.8) is 0 Å². The molecule has 0 radical (unpaired) electrons. The fraction of sp³-hybridized carbons (Fsp3) is 0.136. The summed E-state index contributed by atoms with van der Waals surface area (Å²) in [5.74, 6) is 1.98. The van der Waals surface area contributed by atoms with Crippen LogP contribution in [-0.4, -0.2) is 27.2 Å². The number of ether oxygens (including phenoxy) is 3. The highest BCUT2D eigenvalue weighted by molar-refractivity contribution is 6.35. The van der Waals surface area contributed by atoms with Crippen LogP contribution in [0, 0.1) is 0 Å². The van der Waals surface area contributed by atoms with Gasteiger partial charge in [0.25, 0.3) is 5.91 Å². The summed E-state index contributed by atoms with van der Waals surface area (Å²) < 4.78 is 21.5. The summed E-state index contributed by atoms with van der Waals surface area (Å²) in [4.78, 5) is 12.6. The zero-order valence-corrected chi connectivity index (χ0v) is 16.2. The van der Waals surface area contributed by atoms with Crippen molar-refractivity contribution < 1.29 is 23.4 Å². The second-order valence-electron chi connectivity index (χ2n) is 6.33. The van der Waals surface area contributed by atoms with Crippen molar-refractivity contribution in [3.05, 3.63) is 59.9 Å². The van der Waals surface area contributed by atoms with Gasteiger partial charge in [0.1, 0.15) is 0 Å². The Bertz CT molecular complexity index is 1060. The van der Waals surface area contributed by atoms with Crippen LogP contribution in [0.15, 0.2) is 53.1 Å². The van der Waals surface area contributed by atoms with Crippen LogP contribution in [0.1, 0.15) is 11.1 Å². The molecule has 0 atom stereocenters. The van der Waals surface area contributed by atoms with Crippen molar-refractivity contribution >= 4 is 34.8 Å². The van der Waals surface area contributed by atoms with E-state index in [1.54, 1.807) is 51.9 Å². The van der Waals surface area contributed by atoms with Crippen LogP contribution >= 0.6 is 0 Å². The molecule has 0 spiro atoms. The maximum Gasteiger partial charge on any atom is 0.256 e. The summed E-state index contributed by atoms with van der Waals surface area (Å²) in [7, 11) is 4.66. The van der Waals surface area contributed by atoms with E-state index in [-0.39, 0.29) is 5.91 Å². The van der Waals surface area contributed by atoms with Crippen LogP contribution in [-0.2, 0) is 4.79 Å². The summed E-state index contributed by atoms with van der Waals surface area (Å²) in [5, 5.41) is 6.06. The lowest BCUT2D eigenvalue weighted by Gasteiger charge is -2.13. The van der Waals surface area contributed by atoms with Crippen LogP contribution < -0.4 is 24.8 Å². The van der Waals surface area contributed by atoms with Gasteiger partial charge in [-0.15, -0.1) is 0 Å². The van der Waals surface area contributed by atoms with Crippen molar-refractivity contribution in [1.82, 2.24) is 0 Å². The van der Waals surface area contributed by atoms with Gasteiger partial charge in [0.2, 0.25) is 5.75 Å². The Hall–Kier alpha value is -3.87. The van der Waals surface area contributed by atoms with E-state index >= 15 is 0 Å². The molecule has 2 aromatic carbocycles. The highest BCUT2D eigenvalue weighted by Crippen LogP contribution is 2.41. The molecule has 0 aliphatic carbocycles. The molecule has 2 N–H and O–H groups in total. The highest BCUT2D eigenvalue weighted by Gasteiger charge is 2.25. The van der Waals surface area contributed by atoms with Crippen LogP contribution in [0.5, 0.6) is 17.2 Å². The van der Waals surface area contributed by atoms with Gasteiger partial charge in [0, 0.05) is 28.6 Å². The molecule has 0 unspecified atom stereocenters. The van der Waals surface area contributed by atoms with E-state index in [0.29, 0.717) is 28.7 Å². The molecule has 7 heteroatoms. The molecule has 0 saturated carbocycles. The van der Waals surface area contributed by atoms with Crippen molar-refractivity contribution in [2.24, 2.45) is 0 Å². The fourth-order valence-electron chi connectivity index (χ4n) is 3.25. The van der Waals surface area contributed by atoms with Gasteiger partial charge < -0.3 is 29.3 Å². The molecule has 0 bridgehead atoms. The Morgan fingerprint density at radius 3 is 2.38 bits per heavy atom. The lowest BCUT2D eigenvalue weighted by atomic mass is 10.0. The third kappa shape index (κ3) is 3.50. The first-order valence-electron chi connectivity index (χ1n) is 8.91. The number of fused-ring (bicyclic) bond motifs is 1. The number of hydrogen-bond acceptors (Lipinski definition) is 6. The van der Waals surface area contributed by atoms with Gasteiger partial charge >= 0.3 is 0 Å². The molecule has 148 valence electrons. The molecule has 1 aliphatic rings. The van der Waals surface area contributed by atoms with Crippen LogP contribution in [0.3, 0.4) is 0 Å². The maximum atomic E-state index is 12.6. The molecule has 29 heavy (non-hydrogen) atoms. The van der Waals surface area contributed by atoms with Gasteiger partial charge in [-0.05, 0) is 48.0 Å². The van der Waals surface area contributed by atoms with E-state index in [4.69, 9.17) is 18.6 Å². The Balaban J connectivity index is 1.75. The van der Waals surface area contributed by atoms with Crippen LogP contribution in [0.25, 0.3) is 11.6 Å². The number of rotatable bonds is 6. The van der Waals surface area contributed by atoms with E-state index in [0.717, 1.165) is 22.5 Å². The third-order valence-corrected chi connectivity index (χ3v) is 4.59. The van der Waals surface area contributed by atoms with Gasteiger partial charge in [-0.2, -0.15) is 0 Å². The van der Waals surface area contributed by atoms with Gasteiger partial charge in [-0.1, -0.05) is 0 Å². The first-order chi connectivity index (χ1) is 14.1. The summed E-state index contributed by atoms with van der Waals surface area (Å²) >= 11 is 0. The second-order valence-corrected chi connectivity index (χ2v) is 6.33. The summed E-state index contributed by atoms with van der Waals surface area (Å²) in [6, 6.07) is 12.9. The first kappa shape index (κ1) is 18.5. The average Bonchev–Trinajstić information content (AvgIpc) is 3.35. The molecule has 3 aromatic rings. The zero-order valence-electron chi connectivity index (χ0n) is 16.2. The molecule has 7 nitrogen and oxygen atoms in total. The van der Waals surface area contributed by atoms with Gasteiger partial charge in [-0.25, -0.2) is 0 Å². The van der Waals surface area contributed by atoms with E-state index in [1.165, 1.54) is 0 Å². The molecule has 4 rings (SSSR count). The van der Waals surface area contributed by atoms with Gasteiger partial charge in [0.15, 0.2) is 17.4 Å². The Kier molecular flexibility index (Phi) is 4.87. The summed E-state index contributed by atoms with van der Waals surface area (Å²) in [5.41, 5.74) is 3.64. The number of furan rings is 1. The van der Waals surface area contributed by atoms with Crippen molar-refractivity contribution in [1.29, 1.82) is 0 Å². The maximum absolute atomic E-state index is 12.6. The van der Waals surface area contributed by atoms with E-state index < -0.39 is 0 Å². The number of benzene rings is 2. The van der Waals surface area contributed by atoms with E-state index in [9.17, 15) is 4.79 Å². The molecular formula is C22H20N2O5. The molecule has 0 fully saturated rings. The molecular weight excluding hydrogens is 372 g/mol. The topological polar surface area (TPSA) is 82.0 Å². The number of methoxy groups -OCH3 is 3. The Morgan fingerprint density at radius 2 is 1.76 bits per heavy atom. The monoisotopic (exact) mass is 392 g/mol. The number of hydrogen-bond donors (Lipinski definition) is 2. The minimum absolute atomic E-state index is 0.177. The van der Waals surface area contributed by atoms with Gasteiger partial charge in [0.05, 0.1) is 27.6 Å². The first-order valence-corrected chi connectivity index (χ1v) is 8.91. The quantitative estimate of drug-likeness (QED) is 0.600. The standard InChI is InChI=1S/C22H20N2O5/c1-26-18-10-13(11-19(27-2)21(18)28-3)9-16-15-12-14(23-20-5-4-8-29-20)6-7-17(15)24-22(16)25/h4-12,23H,1-3H3,(H,24,25)/b16-9-. The Morgan fingerprint density at radius 1 is 1.00 bits per heavy atom. The van der Waals surface area contributed by atoms with Crippen molar-refractivity contribution in [3.8, 4) is 17.2 Å². The fourth-order valence-corrected chi connectivity index (χ4v) is 3.25. The van der Waals surface area contributed by atoms with Crippen molar-refractivity contribution in [2.75, 3.05) is 32.0 Å². The average molecular weight is 392 g/mol. The number of carbonyl (C=O) groups excluding carboxylic acids is 1. The predicted molar refractivity (Wildman–Crippen MR) is 111 cm³/mol. The van der Waals surface area contributed by atoms with Gasteiger partial charge in [-0.3, -0.25) is 4.79 Å². The van der Waals surface area contributed by atoms with Crippen molar-refractivity contribution in [2.45, 2.75) is 0 Å². The minimum Gasteiger partial charge on any atom is -0.493 e. The number of amides is 1. The van der Waals surface area contributed by atoms with E-state index in [1.807, 2.05) is 24.3 Å². The summed E-state index contributed by atoms with van der Waals surface area (Å²) in [6.45, 7) is 0. The normalized spacial score (nSPS) is 13.8. The third-order valence-electron chi connectivity index (χ3n) is 4.59.